The fraction of sp³-hybridized carbons (Fsp3) is 0.600. The summed E-state index contributed by atoms with van der Waals surface area (Å²) in [4.78, 5) is 0. The van der Waals surface area contributed by atoms with E-state index in [0.717, 1.165) is 24.3 Å². The highest BCUT2D eigenvalue weighted by molar-refractivity contribution is 5.26. The lowest BCUT2D eigenvalue weighted by Gasteiger charge is -2.07. The lowest BCUT2D eigenvalue weighted by molar-refractivity contribution is 0.0616. The molecule has 1 rings (SSSR count). The van der Waals surface area contributed by atoms with Crippen LogP contribution in [0.5, 0.6) is 5.75 Å². The fourth-order valence-corrected chi connectivity index (χ4v) is 1.56. The molecule has 0 spiro atoms. The van der Waals surface area contributed by atoms with Crippen LogP contribution in [0.15, 0.2) is 24.3 Å². The van der Waals surface area contributed by atoms with Crippen molar-refractivity contribution in [2.45, 2.75) is 32.8 Å². The lowest BCUT2D eigenvalue weighted by Crippen LogP contribution is -2.02. The van der Waals surface area contributed by atoms with Crippen molar-refractivity contribution < 1.29 is 14.2 Å². The van der Waals surface area contributed by atoms with Crippen molar-refractivity contribution in [2.75, 3.05) is 26.9 Å². The van der Waals surface area contributed by atoms with Gasteiger partial charge in [0.05, 0.1) is 26.4 Å². The third kappa shape index (κ3) is 6.62. The predicted octanol–water partition coefficient (Wildman–Crippen LogP) is 3.42. The van der Waals surface area contributed by atoms with Crippen molar-refractivity contribution in [2.24, 2.45) is 0 Å². The summed E-state index contributed by atoms with van der Waals surface area (Å²) < 4.78 is 16.0. The van der Waals surface area contributed by atoms with E-state index in [4.69, 9.17) is 14.2 Å². The van der Waals surface area contributed by atoms with E-state index in [1.165, 1.54) is 12.8 Å². The summed E-state index contributed by atoms with van der Waals surface area (Å²) in [5, 5.41) is 0. The highest BCUT2D eigenvalue weighted by Crippen LogP contribution is 2.13. The smallest absolute Gasteiger partial charge is 0.119 e. The second-order valence-electron chi connectivity index (χ2n) is 4.24. The van der Waals surface area contributed by atoms with Crippen LogP contribution in [-0.4, -0.2) is 26.9 Å². The summed E-state index contributed by atoms with van der Waals surface area (Å²) >= 11 is 0. The summed E-state index contributed by atoms with van der Waals surface area (Å²) in [6.07, 6.45) is 3.57. The van der Waals surface area contributed by atoms with Gasteiger partial charge in [-0.2, -0.15) is 0 Å². The van der Waals surface area contributed by atoms with Crippen molar-refractivity contribution in [3.05, 3.63) is 29.8 Å². The van der Waals surface area contributed by atoms with Crippen LogP contribution in [0.2, 0.25) is 0 Å². The number of benzene rings is 1. The SMILES string of the molecule is CCCCCOc1ccc(COCCOC)cc1. The first kappa shape index (κ1) is 15.0. The average molecular weight is 252 g/mol. The Morgan fingerprint density at radius 2 is 1.72 bits per heavy atom. The Hall–Kier alpha value is -1.06. The normalized spacial score (nSPS) is 10.6. The molecule has 0 heterocycles. The molecule has 0 saturated heterocycles. The van der Waals surface area contributed by atoms with Crippen LogP contribution >= 0.6 is 0 Å². The molecule has 1 aromatic rings. The van der Waals surface area contributed by atoms with Crippen molar-refractivity contribution in [3.63, 3.8) is 0 Å². The van der Waals surface area contributed by atoms with Gasteiger partial charge in [-0.3, -0.25) is 0 Å². The van der Waals surface area contributed by atoms with Gasteiger partial charge >= 0.3 is 0 Å². The minimum absolute atomic E-state index is 0.624. The molecular formula is C15H24O3. The molecule has 0 bridgehead atoms. The highest BCUT2D eigenvalue weighted by Gasteiger charge is 1.96. The molecule has 0 aliphatic rings. The molecule has 18 heavy (non-hydrogen) atoms. The second kappa shape index (κ2) is 9.92. The van der Waals surface area contributed by atoms with Gasteiger partial charge < -0.3 is 14.2 Å². The predicted molar refractivity (Wildman–Crippen MR) is 73.0 cm³/mol. The Morgan fingerprint density at radius 3 is 2.39 bits per heavy atom. The number of methoxy groups -OCH3 is 1. The van der Waals surface area contributed by atoms with E-state index >= 15 is 0 Å². The molecule has 0 aromatic heterocycles. The van der Waals surface area contributed by atoms with E-state index in [1.54, 1.807) is 7.11 Å². The van der Waals surface area contributed by atoms with Gasteiger partial charge in [-0.05, 0) is 24.1 Å². The van der Waals surface area contributed by atoms with Crippen molar-refractivity contribution in [1.29, 1.82) is 0 Å². The molecule has 102 valence electrons. The number of ether oxygens (including phenoxy) is 3. The molecular weight excluding hydrogens is 228 g/mol. The molecule has 0 amide bonds. The van der Waals surface area contributed by atoms with Crippen LogP contribution in [0.25, 0.3) is 0 Å². The van der Waals surface area contributed by atoms with Crippen LogP contribution in [-0.2, 0) is 16.1 Å². The maximum Gasteiger partial charge on any atom is 0.119 e. The first-order chi connectivity index (χ1) is 8.86. The summed E-state index contributed by atoms with van der Waals surface area (Å²) in [5.74, 6) is 0.937. The van der Waals surface area contributed by atoms with E-state index in [-0.39, 0.29) is 0 Å². The van der Waals surface area contributed by atoms with E-state index < -0.39 is 0 Å². The molecule has 1 aromatic carbocycles. The second-order valence-corrected chi connectivity index (χ2v) is 4.24. The van der Waals surface area contributed by atoms with Gasteiger partial charge in [-0.1, -0.05) is 31.9 Å². The Labute approximate surface area is 110 Å². The minimum atomic E-state index is 0.624. The molecule has 3 heteroatoms. The summed E-state index contributed by atoms with van der Waals surface area (Å²) in [5.41, 5.74) is 1.16. The van der Waals surface area contributed by atoms with E-state index in [0.29, 0.717) is 19.8 Å². The maximum atomic E-state index is 5.65. The van der Waals surface area contributed by atoms with Gasteiger partial charge in [0.2, 0.25) is 0 Å². The number of hydrogen-bond acceptors (Lipinski definition) is 3. The highest BCUT2D eigenvalue weighted by atomic mass is 16.5. The van der Waals surface area contributed by atoms with Crippen molar-refractivity contribution in [1.82, 2.24) is 0 Å². The van der Waals surface area contributed by atoms with Crippen molar-refractivity contribution in [3.8, 4) is 5.75 Å². The Morgan fingerprint density at radius 1 is 0.944 bits per heavy atom. The molecule has 0 aliphatic heterocycles. The van der Waals surface area contributed by atoms with Gasteiger partial charge in [0.25, 0.3) is 0 Å². The largest absolute Gasteiger partial charge is 0.494 e. The molecule has 0 atom stereocenters. The standard InChI is InChI=1S/C15H24O3/c1-3-4-5-10-18-15-8-6-14(7-9-15)13-17-12-11-16-2/h6-9H,3-5,10-13H2,1-2H3. The molecule has 0 fully saturated rings. The molecule has 0 unspecified atom stereocenters. The molecule has 3 nitrogen and oxygen atoms in total. The zero-order valence-corrected chi connectivity index (χ0v) is 11.5. The van der Waals surface area contributed by atoms with Crippen LogP contribution in [0, 0.1) is 0 Å². The Kier molecular flexibility index (Phi) is 8.26. The fourth-order valence-electron chi connectivity index (χ4n) is 1.56. The molecule has 0 aliphatic carbocycles. The van der Waals surface area contributed by atoms with Crippen LogP contribution < -0.4 is 4.74 Å². The maximum absolute atomic E-state index is 5.65. The van der Waals surface area contributed by atoms with Crippen LogP contribution in [0.4, 0.5) is 0 Å². The average Bonchev–Trinajstić information content (AvgIpc) is 2.41. The quantitative estimate of drug-likeness (QED) is 0.597. The topological polar surface area (TPSA) is 27.7 Å². The summed E-state index contributed by atoms with van der Waals surface area (Å²) in [6.45, 7) is 4.89. The minimum Gasteiger partial charge on any atom is -0.494 e. The molecule has 0 saturated carbocycles. The third-order valence-electron chi connectivity index (χ3n) is 2.64. The Balaban J connectivity index is 2.20. The van der Waals surface area contributed by atoms with Gasteiger partial charge in [0.1, 0.15) is 5.75 Å². The number of hydrogen-bond donors (Lipinski definition) is 0. The van der Waals surface area contributed by atoms with Gasteiger partial charge in [-0.25, -0.2) is 0 Å². The first-order valence-electron chi connectivity index (χ1n) is 6.65. The van der Waals surface area contributed by atoms with Gasteiger partial charge in [0, 0.05) is 7.11 Å². The van der Waals surface area contributed by atoms with E-state index in [1.807, 2.05) is 24.3 Å². The van der Waals surface area contributed by atoms with E-state index in [9.17, 15) is 0 Å². The van der Waals surface area contributed by atoms with Crippen LogP contribution in [0.3, 0.4) is 0 Å². The zero-order valence-electron chi connectivity index (χ0n) is 11.5. The third-order valence-corrected chi connectivity index (χ3v) is 2.64. The zero-order chi connectivity index (χ0) is 13.1. The number of rotatable bonds is 10. The monoisotopic (exact) mass is 252 g/mol. The van der Waals surface area contributed by atoms with E-state index in [2.05, 4.69) is 6.92 Å². The van der Waals surface area contributed by atoms with Gasteiger partial charge in [-0.15, -0.1) is 0 Å². The van der Waals surface area contributed by atoms with Gasteiger partial charge in [0.15, 0.2) is 0 Å². The lowest BCUT2D eigenvalue weighted by atomic mass is 10.2. The summed E-state index contributed by atoms with van der Waals surface area (Å²) in [7, 11) is 1.67. The van der Waals surface area contributed by atoms with Crippen LogP contribution in [0.1, 0.15) is 31.7 Å². The molecule has 0 radical (unpaired) electrons. The Bertz CT molecular complexity index is 264. The van der Waals surface area contributed by atoms with Crippen molar-refractivity contribution >= 4 is 0 Å². The first-order valence-corrected chi connectivity index (χ1v) is 6.65. The number of unbranched alkanes of at least 4 members (excludes halogenated alkanes) is 2. The molecule has 0 N–H and O–H groups in total. The summed E-state index contributed by atoms with van der Waals surface area (Å²) in [6, 6.07) is 8.09.